The van der Waals surface area contributed by atoms with E-state index in [1.807, 2.05) is 18.2 Å². The number of fused-ring (bicyclic) bond motifs is 1. The lowest BCUT2D eigenvalue weighted by atomic mass is 10.0. The second kappa shape index (κ2) is 5.08. The van der Waals surface area contributed by atoms with Gasteiger partial charge in [-0.3, -0.25) is 4.79 Å². The van der Waals surface area contributed by atoms with Crippen LogP contribution in [-0.4, -0.2) is 12.7 Å². The second-order valence-electron chi connectivity index (χ2n) is 4.15. The molecule has 0 fully saturated rings. The van der Waals surface area contributed by atoms with Crippen LogP contribution in [-0.2, 0) is 4.79 Å². The van der Waals surface area contributed by atoms with Crippen LogP contribution in [0.5, 0.6) is 11.5 Å². The number of hydrogen-bond acceptors (Lipinski definition) is 3. The third kappa shape index (κ3) is 2.70. The fraction of sp³-hybridized carbons (Fsp3) is 0.462. The summed E-state index contributed by atoms with van der Waals surface area (Å²) >= 11 is 0. The minimum atomic E-state index is -0.0129. The molecule has 1 aliphatic rings. The smallest absolute Gasteiger partial charge is 0.231 e. The van der Waals surface area contributed by atoms with Crippen LogP contribution in [0.3, 0.4) is 0 Å². The Morgan fingerprint density at radius 2 is 2.18 bits per heavy atom. The van der Waals surface area contributed by atoms with Crippen molar-refractivity contribution in [2.75, 3.05) is 6.79 Å². The normalized spacial score (nSPS) is 14.5. The average molecular weight is 235 g/mol. The average Bonchev–Trinajstić information content (AvgIpc) is 2.74. The summed E-state index contributed by atoms with van der Waals surface area (Å²) in [5, 5.41) is 2.95. The maximum Gasteiger partial charge on any atom is 0.231 e. The number of rotatable bonds is 4. The van der Waals surface area contributed by atoms with Gasteiger partial charge in [0, 0.05) is 6.92 Å². The van der Waals surface area contributed by atoms with E-state index in [1.165, 1.54) is 6.92 Å². The Labute approximate surface area is 101 Å². The van der Waals surface area contributed by atoms with Gasteiger partial charge in [0.05, 0.1) is 6.04 Å². The summed E-state index contributed by atoms with van der Waals surface area (Å²) in [7, 11) is 0. The molecular weight excluding hydrogens is 218 g/mol. The quantitative estimate of drug-likeness (QED) is 0.871. The van der Waals surface area contributed by atoms with E-state index in [0.29, 0.717) is 0 Å². The van der Waals surface area contributed by atoms with Crippen molar-refractivity contribution in [2.24, 2.45) is 0 Å². The van der Waals surface area contributed by atoms with Gasteiger partial charge in [-0.1, -0.05) is 19.4 Å². The Morgan fingerprint density at radius 3 is 2.88 bits per heavy atom. The number of ether oxygens (including phenoxy) is 2. The fourth-order valence-electron chi connectivity index (χ4n) is 1.99. The summed E-state index contributed by atoms with van der Waals surface area (Å²) in [5.41, 5.74) is 1.06. The minimum Gasteiger partial charge on any atom is -0.454 e. The highest BCUT2D eigenvalue weighted by molar-refractivity contribution is 5.73. The molecule has 0 aliphatic carbocycles. The van der Waals surface area contributed by atoms with Crippen LogP contribution in [0.4, 0.5) is 0 Å². The molecule has 1 aromatic carbocycles. The number of nitrogens with one attached hydrogen (secondary N) is 1. The molecule has 1 N–H and O–H groups in total. The van der Waals surface area contributed by atoms with E-state index in [9.17, 15) is 4.79 Å². The van der Waals surface area contributed by atoms with E-state index < -0.39 is 0 Å². The lowest BCUT2D eigenvalue weighted by Gasteiger charge is -2.17. The lowest BCUT2D eigenvalue weighted by Crippen LogP contribution is -2.25. The third-order valence-electron chi connectivity index (χ3n) is 2.75. The molecule has 1 heterocycles. The predicted molar refractivity (Wildman–Crippen MR) is 64.0 cm³/mol. The van der Waals surface area contributed by atoms with Crippen molar-refractivity contribution in [3.05, 3.63) is 23.8 Å². The zero-order valence-corrected chi connectivity index (χ0v) is 10.2. The van der Waals surface area contributed by atoms with Gasteiger partial charge in [-0.25, -0.2) is 0 Å². The lowest BCUT2D eigenvalue weighted by molar-refractivity contribution is -0.119. The van der Waals surface area contributed by atoms with E-state index >= 15 is 0 Å². The van der Waals surface area contributed by atoms with Gasteiger partial charge in [0.15, 0.2) is 11.5 Å². The Balaban J connectivity index is 2.20. The molecule has 0 spiro atoms. The summed E-state index contributed by atoms with van der Waals surface area (Å²) < 4.78 is 10.6. The van der Waals surface area contributed by atoms with Gasteiger partial charge in [-0.2, -0.15) is 0 Å². The van der Waals surface area contributed by atoms with E-state index in [1.54, 1.807) is 0 Å². The van der Waals surface area contributed by atoms with E-state index in [2.05, 4.69) is 12.2 Å². The van der Waals surface area contributed by atoms with Crippen molar-refractivity contribution in [2.45, 2.75) is 32.7 Å². The van der Waals surface area contributed by atoms with E-state index in [-0.39, 0.29) is 18.7 Å². The number of carbonyl (C=O) groups is 1. The van der Waals surface area contributed by atoms with Crippen molar-refractivity contribution in [3.8, 4) is 11.5 Å². The zero-order valence-electron chi connectivity index (χ0n) is 10.2. The molecule has 92 valence electrons. The molecular formula is C13H17NO3. The first-order valence-electron chi connectivity index (χ1n) is 5.87. The molecule has 0 radical (unpaired) electrons. The molecule has 0 unspecified atom stereocenters. The molecule has 0 bridgehead atoms. The molecule has 1 aromatic rings. The monoisotopic (exact) mass is 235 g/mol. The molecule has 4 heteroatoms. The summed E-state index contributed by atoms with van der Waals surface area (Å²) in [6.45, 7) is 3.91. The maximum atomic E-state index is 11.2. The summed E-state index contributed by atoms with van der Waals surface area (Å²) in [4.78, 5) is 11.2. The fourth-order valence-corrected chi connectivity index (χ4v) is 1.99. The highest BCUT2D eigenvalue weighted by Crippen LogP contribution is 2.34. The van der Waals surface area contributed by atoms with Crippen LogP contribution < -0.4 is 14.8 Å². The van der Waals surface area contributed by atoms with E-state index in [0.717, 1.165) is 29.9 Å². The van der Waals surface area contributed by atoms with E-state index in [4.69, 9.17) is 9.47 Å². The predicted octanol–water partition coefficient (Wildman–Crippen LogP) is 2.39. The first-order valence-corrected chi connectivity index (χ1v) is 5.87. The first kappa shape index (κ1) is 11.8. The Morgan fingerprint density at radius 1 is 1.41 bits per heavy atom. The molecule has 1 aliphatic heterocycles. The van der Waals surface area contributed by atoms with Gasteiger partial charge < -0.3 is 14.8 Å². The summed E-state index contributed by atoms with van der Waals surface area (Å²) in [5.74, 6) is 1.52. The van der Waals surface area contributed by atoms with Crippen molar-refractivity contribution in [1.29, 1.82) is 0 Å². The van der Waals surface area contributed by atoms with Crippen LogP contribution in [0.1, 0.15) is 38.3 Å². The minimum absolute atomic E-state index is 0.0129. The second-order valence-corrected chi connectivity index (χ2v) is 4.15. The van der Waals surface area contributed by atoms with Gasteiger partial charge in [-0.15, -0.1) is 0 Å². The molecule has 0 aromatic heterocycles. The van der Waals surface area contributed by atoms with Gasteiger partial charge in [0.25, 0.3) is 0 Å². The van der Waals surface area contributed by atoms with Gasteiger partial charge in [-0.05, 0) is 24.1 Å². The standard InChI is InChI=1S/C13H17NO3/c1-3-4-11(14-9(2)15)10-5-6-12-13(7-10)17-8-16-12/h5-7,11H,3-4,8H2,1-2H3,(H,14,15)/t11-/m1/s1. The molecule has 1 atom stereocenters. The van der Waals surface area contributed by atoms with Crippen LogP contribution in [0.15, 0.2) is 18.2 Å². The van der Waals surface area contributed by atoms with Crippen LogP contribution in [0.25, 0.3) is 0 Å². The van der Waals surface area contributed by atoms with Gasteiger partial charge in [0.1, 0.15) is 0 Å². The highest BCUT2D eigenvalue weighted by atomic mass is 16.7. The number of carbonyl (C=O) groups excluding carboxylic acids is 1. The Kier molecular flexibility index (Phi) is 3.52. The van der Waals surface area contributed by atoms with Crippen molar-refractivity contribution in [1.82, 2.24) is 5.32 Å². The van der Waals surface area contributed by atoms with Crippen LogP contribution in [0.2, 0.25) is 0 Å². The summed E-state index contributed by atoms with van der Waals surface area (Å²) in [6, 6.07) is 5.86. The molecule has 0 saturated carbocycles. The summed E-state index contributed by atoms with van der Waals surface area (Å²) in [6.07, 6.45) is 1.93. The van der Waals surface area contributed by atoms with Crippen molar-refractivity contribution < 1.29 is 14.3 Å². The molecule has 2 rings (SSSR count). The SMILES string of the molecule is CCC[C@@H](NC(C)=O)c1ccc2c(c1)OCO2. The van der Waals surface area contributed by atoms with Gasteiger partial charge >= 0.3 is 0 Å². The number of benzene rings is 1. The highest BCUT2D eigenvalue weighted by Gasteiger charge is 2.17. The molecule has 1 amide bonds. The Bertz CT molecular complexity index is 417. The first-order chi connectivity index (χ1) is 8.20. The van der Waals surface area contributed by atoms with Crippen LogP contribution >= 0.6 is 0 Å². The van der Waals surface area contributed by atoms with Gasteiger partial charge in [0.2, 0.25) is 12.7 Å². The zero-order chi connectivity index (χ0) is 12.3. The third-order valence-corrected chi connectivity index (χ3v) is 2.75. The molecule has 0 saturated heterocycles. The molecule has 17 heavy (non-hydrogen) atoms. The molecule has 4 nitrogen and oxygen atoms in total. The topological polar surface area (TPSA) is 47.6 Å². The van der Waals surface area contributed by atoms with Crippen LogP contribution in [0, 0.1) is 0 Å². The Hall–Kier alpha value is -1.71. The van der Waals surface area contributed by atoms with Crippen molar-refractivity contribution >= 4 is 5.91 Å². The van der Waals surface area contributed by atoms with Crippen molar-refractivity contribution in [3.63, 3.8) is 0 Å². The number of hydrogen-bond donors (Lipinski definition) is 1. The largest absolute Gasteiger partial charge is 0.454 e. The maximum absolute atomic E-state index is 11.2. The number of amides is 1.